The van der Waals surface area contributed by atoms with Crippen molar-refractivity contribution < 1.29 is 117 Å². The fourth-order valence-corrected chi connectivity index (χ4v) is 20.4. The number of likely N-dealkylation sites (tertiary alicyclic amines) is 1. The number of aromatic amines is 2. The SMILES string of the molecule is CC(=O)NC(Cc1c[nH]c2ccccc12)C(=O)NC(C(=O)NC(CC(C)(C)C)C(=O)NC1CSCSCC(C(=O)NC(Cc2c[nH]c3ccccc23)C(=O)N2CCCC2C(N)=O)NC(=O)C(CC(=O)O)NC(=O)C(CCCCNC(=O)CN2CCN(CC(=O)O)CCN(CC(=O)O)CCN(CC(=O)O)CC2)NC(=O)C(Cc2ccc3ccccc3c2)NC(=O)C(CC(N)=O)NC(=O)C(CC2CCNCC2)NC1=O)C(C)O. The second-order valence-electron chi connectivity index (χ2n) is 38.6. The molecular formula is C98H136N22O24S2. The first-order valence-electron chi connectivity index (χ1n) is 48.8. The molecule has 15 amide bonds. The third-order valence-electron chi connectivity index (χ3n) is 25.7. The number of fused-ring (bicyclic) bond motifs is 3. The number of piperidine rings is 1. The maximum Gasteiger partial charge on any atom is 0.317 e. The molecule has 0 spiro atoms. The molecule has 6 heterocycles. The van der Waals surface area contributed by atoms with Crippen molar-refractivity contribution in [2.24, 2.45) is 22.8 Å². The van der Waals surface area contributed by atoms with E-state index >= 15 is 43.2 Å². The zero-order valence-corrected chi connectivity index (χ0v) is 84.1. The molecule has 0 radical (unpaired) electrons. The summed E-state index contributed by atoms with van der Waals surface area (Å²) in [6, 6.07) is 6.25. The van der Waals surface area contributed by atoms with Crippen LogP contribution in [0.4, 0.5) is 0 Å². The van der Waals surface area contributed by atoms with Gasteiger partial charge in [-0.2, -0.15) is 0 Å². The van der Waals surface area contributed by atoms with E-state index in [-0.39, 0.29) is 134 Å². The Bertz CT molecular complexity index is 5600. The minimum atomic E-state index is -2.14. The summed E-state index contributed by atoms with van der Waals surface area (Å²) < 4.78 is 0. The number of aromatic nitrogens is 2. The summed E-state index contributed by atoms with van der Waals surface area (Å²) in [5, 5.41) is 89.2. The Kier molecular flexibility index (Phi) is 43.8. The number of hydrogen-bond donors (Lipinski definition) is 22. The summed E-state index contributed by atoms with van der Waals surface area (Å²) >= 11 is 1.88. The number of carboxylic acids is 4. The lowest BCUT2D eigenvalue weighted by Gasteiger charge is -2.32. The molecule has 2 aromatic heterocycles. The second kappa shape index (κ2) is 55.8. The molecule has 146 heavy (non-hydrogen) atoms. The first kappa shape index (κ1) is 115. The molecular weight excluding hydrogens is 1930 g/mol. The van der Waals surface area contributed by atoms with Crippen LogP contribution in [0, 0.1) is 11.3 Å². The molecule has 4 aliphatic heterocycles. The van der Waals surface area contributed by atoms with Crippen molar-refractivity contribution in [1.82, 2.24) is 104 Å². The predicted octanol–water partition coefficient (Wildman–Crippen LogP) is -2.58. The van der Waals surface area contributed by atoms with E-state index in [1.165, 1.54) is 18.7 Å². The normalized spacial score (nSPS) is 21.6. The number of nitrogens with two attached hydrogens (primary N) is 2. The third-order valence-corrected chi connectivity index (χ3v) is 28.2. The highest BCUT2D eigenvalue weighted by atomic mass is 32.2. The number of primary amides is 2. The van der Waals surface area contributed by atoms with Crippen molar-refractivity contribution in [2.75, 3.05) is 121 Å². The summed E-state index contributed by atoms with van der Waals surface area (Å²) in [5.74, 6) is -21.3. The number of aliphatic hydroxyl groups excluding tert-OH is 1. The molecule has 48 heteroatoms. The van der Waals surface area contributed by atoms with Crippen molar-refractivity contribution in [3.8, 4) is 0 Å². The molecule has 4 aromatic carbocycles. The highest BCUT2D eigenvalue weighted by Crippen LogP contribution is 2.28. The number of thioether (sulfide) groups is 2. The van der Waals surface area contributed by atoms with Crippen LogP contribution >= 0.6 is 23.5 Å². The molecule has 794 valence electrons. The van der Waals surface area contributed by atoms with Crippen molar-refractivity contribution in [3.63, 3.8) is 0 Å². The summed E-state index contributed by atoms with van der Waals surface area (Å²) in [5.41, 5.74) is 13.9. The van der Waals surface area contributed by atoms with E-state index in [0.29, 0.717) is 65.3 Å². The number of H-pyrrole nitrogens is 2. The lowest BCUT2D eigenvalue weighted by molar-refractivity contribution is -0.142. The summed E-state index contributed by atoms with van der Waals surface area (Å²) in [6.45, 7) is 7.75. The molecule has 4 aliphatic rings. The fraction of sp³-hybridized carbons (Fsp3) is 0.541. The number of nitrogens with one attached hydrogen (secondary N) is 15. The first-order chi connectivity index (χ1) is 69.5. The van der Waals surface area contributed by atoms with Crippen molar-refractivity contribution in [3.05, 3.63) is 120 Å². The van der Waals surface area contributed by atoms with E-state index < -0.39 is 247 Å². The van der Waals surface area contributed by atoms with Gasteiger partial charge in [-0.15, -0.1) is 23.5 Å². The van der Waals surface area contributed by atoms with E-state index in [1.54, 1.807) is 126 Å². The molecule has 0 saturated carbocycles. The Morgan fingerprint density at radius 3 is 1.59 bits per heavy atom. The van der Waals surface area contributed by atoms with Gasteiger partial charge in [0.1, 0.15) is 72.5 Å². The van der Waals surface area contributed by atoms with Gasteiger partial charge in [-0.25, -0.2) is 0 Å². The molecule has 46 nitrogen and oxygen atoms in total. The average molecular weight is 2070 g/mol. The topological polar surface area (TPSA) is 682 Å². The molecule has 4 saturated heterocycles. The van der Waals surface area contributed by atoms with Crippen molar-refractivity contribution in [1.29, 1.82) is 0 Å². The van der Waals surface area contributed by atoms with Gasteiger partial charge in [0.2, 0.25) is 88.6 Å². The van der Waals surface area contributed by atoms with E-state index in [1.807, 2.05) is 18.2 Å². The van der Waals surface area contributed by atoms with Crippen molar-refractivity contribution in [2.45, 2.75) is 203 Å². The van der Waals surface area contributed by atoms with Crippen LogP contribution in [0.3, 0.4) is 0 Å². The monoisotopic (exact) mass is 2070 g/mol. The van der Waals surface area contributed by atoms with Gasteiger partial charge in [0.25, 0.3) is 0 Å². The second-order valence-corrected chi connectivity index (χ2v) is 41.0. The number of aliphatic hydroxyl groups is 1. The van der Waals surface area contributed by atoms with E-state index in [4.69, 9.17) is 11.5 Å². The van der Waals surface area contributed by atoms with Gasteiger partial charge in [0.05, 0.1) is 45.1 Å². The van der Waals surface area contributed by atoms with Gasteiger partial charge in [-0.3, -0.25) is 111 Å². The molecule has 10 rings (SSSR count). The fourth-order valence-electron chi connectivity index (χ4n) is 18.2. The number of hydrogen-bond acceptors (Lipinski definition) is 27. The average Bonchev–Trinajstić information content (AvgIpc) is 1.66. The maximum absolute atomic E-state index is 15.7. The molecule has 0 bridgehead atoms. The van der Waals surface area contributed by atoms with Crippen LogP contribution in [-0.2, 0) is 110 Å². The van der Waals surface area contributed by atoms with Crippen LogP contribution < -0.4 is 80.6 Å². The van der Waals surface area contributed by atoms with Crippen LogP contribution in [0.5, 0.6) is 0 Å². The number of nitrogens with zero attached hydrogens (tertiary/aromatic N) is 5. The third kappa shape index (κ3) is 36.4. The van der Waals surface area contributed by atoms with Crippen molar-refractivity contribution >= 4 is 169 Å². The highest BCUT2D eigenvalue weighted by Gasteiger charge is 2.43. The van der Waals surface area contributed by atoms with Gasteiger partial charge in [-0.05, 0) is 129 Å². The zero-order chi connectivity index (χ0) is 106. The first-order valence-corrected chi connectivity index (χ1v) is 51.2. The number of aliphatic carboxylic acids is 4. The summed E-state index contributed by atoms with van der Waals surface area (Å²) in [7, 11) is 0. The molecule has 6 aromatic rings. The number of carboxylic acid groups (broad SMARTS) is 4. The summed E-state index contributed by atoms with van der Waals surface area (Å²) in [6.07, 6.45) is -0.559. The number of benzene rings is 4. The van der Waals surface area contributed by atoms with Crippen LogP contribution in [0.15, 0.2) is 103 Å². The Morgan fingerprint density at radius 1 is 0.514 bits per heavy atom. The number of para-hydroxylation sites is 2. The van der Waals surface area contributed by atoms with Crippen LogP contribution in [-0.4, -0.2) is 372 Å². The van der Waals surface area contributed by atoms with Crippen LogP contribution in [0.25, 0.3) is 32.6 Å². The summed E-state index contributed by atoms with van der Waals surface area (Å²) in [4.78, 5) is 285. The maximum atomic E-state index is 15.7. The van der Waals surface area contributed by atoms with Gasteiger partial charge in [0, 0.05) is 142 Å². The zero-order valence-electron chi connectivity index (χ0n) is 82.4. The van der Waals surface area contributed by atoms with E-state index in [2.05, 4.69) is 79.1 Å². The van der Waals surface area contributed by atoms with Crippen LogP contribution in [0.2, 0.25) is 0 Å². The largest absolute Gasteiger partial charge is 0.481 e. The standard InChI is InChI=1S/C98H136N22O24S2/c1-56(121)85(115-92(139)71(105-57(2)122)42-62-47-103-66-19-10-8-17-64(62)66)96(143)112-75(46-98(3,4)5)93(140)114-76-53-145-55-146-54-77(95(142)111-74(97(144)120-30-14-22-78(120)86(100)133)43-63-48-104-67-20-11-9-18-65(63)67)113-91(138)73(45-81(125)126)110-87(134)68(21-12-13-27-102-80(124)49-116-31-33-117(50-82(127)128)35-37-119(52-84(131)132)38-36-118(34-32-116)51-83(129)130)106-88(135)70(41-59-23-24-60-15-6-7-16-61(60)39-59)107-90(137)72(44-79(99)123)109-89(136)69(108-94(76)141)40-58-25-28-101-29-26-58/h6-11,15-20,23-24,39,47-48,56,58,68-78,85,101,103-104,121H,12-14,21-22,25-38,40-46,49-55H2,1-5H3,(H2,99,123)(H2,100,133)(H,102,124)(H,105,122)(H,106,135)(H,107,137)(H,108,141)(H,109,136)(H,110,134)(H,111,142)(H,112,143)(H,113,138)(H,114,140)(H,115,139)(H,125,126)(H,127,128)(H,129,130)(H,131,132). The van der Waals surface area contributed by atoms with Gasteiger partial charge in [0.15, 0.2) is 0 Å². The Labute approximate surface area is 851 Å². The highest BCUT2D eigenvalue weighted by molar-refractivity contribution is 8.16. The molecule has 4 fully saturated rings. The molecule has 24 N–H and O–H groups in total. The smallest absolute Gasteiger partial charge is 0.317 e. The quantitative estimate of drug-likeness (QED) is 0.0177. The number of carbonyl (C=O) groups excluding carboxylic acids is 15. The Hall–Kier alpha value is -13.4. The van der Waals surface area contributed by atoms with E-state index in [0.717, 1.165) is 39.8 Å². The number of amides is 15. The lowest BCUT2D eigenvalue weighted by Crippen LogP contribution is -2.62. The number of rotatable bonds is 38. The minimum absolute atomic E-state index is 0.0280. The van der Waals surface area contributed by atoms with Gasteiger partial charge >= 0.3 is 23.9 Å². The lowest BCUT2D eigenvalue weighted by atomic mass is 9.87. The number of carbonyl (C=O) groups is 19. The van der Waals surface area contributed by atoms with Gasteiger partial charge < -0.3 is 121 Å². The van der Waals surface area contributed by atoms with Gasteiger partial charge in [-0.1, -0.05) is 99.6 Å². The van der Waals surface area contributed by atoms with E-state index in [9.17, 15) is 73.5 Å². The number of unbranched alkanes of at least 4 members (excludes halogenated alkanes) is 1. The predicted molar refractivity (Wildman–Crippen MR) is 540 cm³/mol. The van der Waals surface area contributed by atoms with Crippen LogP contribution in [0.1, 0.15) is 122 Å². The molecule has 13 unspecified atom stereocenters. The minimum Gasteiger partial charge on any atom is -0.481 e. The molecule has 0 aliphatic carbocycles. The molecule has 13 atom stereocenters. The Balaban J connectivity index is 1.00. The Morgan fingerprint density at radius 2 is 1.03 bits per heavy atom.